The van der Waals surface area contributed by atoms with Gasteiger partial charge in [0, 0.05) is 10.7 Å². The maximum absolute atomic E-state index is 13.6. The highest BCUT2D eigenvalue weighted by atomic mass is 35.5. The third-order valence-corrected chi connectivity index (χ3v) is 4.05. The summed E-state index contributed by atoms with van der Waals surface area (Å²) in [5.41, 5.74) is -1.67. The molecular formula is C17H12BClF3N3O3. The number of carbonyl (C=O) groups excluding carboxylic acids is 1. The number of nitrogens with one attached hydrogen (secondary N) is 1. The molecule has 0 unspecified atom stereocenters. The lowest BCUT2D eigenvalue weighted by molar-refractivity contribution is -0.143. The summed E-state index contributed by atoms with van der Waals surface area (Å²) in [4.78, 5) is 12.5. The van der Waals surface area contributed by atoms with Crippen LogP contribution >= 0.6 is 11.6 Å². The molecule has 1 aromatic heterocycles. The number of rotatable bonds is 4. The molecule has 0 radical (unpaired) electrons. The minimum Gasteiger partial charge on any atom is -0.423 e. The van der Waals surface area contributed by atoms with Gasteiger partial charge >= 0.3 is 13.3 Å². The van der Waals surface area contributed by atoms with Crippen LogP contribution in [-0.4, -0.2) is 32.9 Å². The highest BCUT2D eigenvalue weighted by molar-refractivity contribution is 6.58. The number of benzene rings is 2. The van der Waals surface area contributed by atoms with Crippen LogP contribution in [0.25, 0.3) is 5.69 Å². The Hall–Kier alpha value is -2.82. The van der Waals surface area contributed by atoms with Crippen molar-refractivity contribution in [2.45, 2.75) is 6.18 Å². The number of hydrogen-bond donors (Lipinski definition) is 3. The zero-order valence-electron chi connectivity index (χ0n) is 14.0. The van der Waals surface area contributed by atoms with Crippen molar-refractivity contribution in [2.75, 3.05) is 5.32 Å². The van der Waals surface area contributed by atoms with E-state index in [9.17, 15) is 28.0 Å². The number of nitrogens with zero attached hydrogens (tertiary/aromatic N) is 2. The van der Waals surface area contributed by atoms with Crippen molar-refractivity contribution in [3.63, 3.8) is 0 Å². The van der Waals surface area contributed by atoms with Crippen LogP contribution in [0.15, 0.2) is 54.7 Å². The second-order valence-electron chi connectivity index (χ2n) is 5.75. The highest BCUT2D eigenvalue weighted by Gasteiger charge is 2.40. The van der Waals surface area contributed by atoms with Gasteiger partial charge in [0.2, 0.25) is 0 Å². The van der Waals surface area contributed by atoms with E-state index in [1.165, 1.54) is 48.5 Å². The molecule has 1 amide bonds. The maximum atomic E-state index is 13.6. The first-order valence-corrected chi connectivity index (χ1v) is 8.23. The Labute approximate surface area is 162 Å². The molecule has 144 valence electrons. The van der Waals surface area contributed by atoms with Crippen LogP contribution in [0, 0.1) is 0 Å². The average Bonchev–Trinajstić information content (AvgIpc) is 3.08. The van der Waals surface area contributed by atoms with Gasteiger partial charge in [0.05, 0.1) is 17.4 Å². The van der Waals surface area contributed by atoms with Crippen LogP contribution in [0.1, 0.15) is 16.1 Å². The molecule has 3 aromatic rings. The molecule has 0 saturated heterocycles. The smallest absolute Gasteiger partial charge is 0.423 e. The monoisotopic (exact) mass is 409 g/mol. The molecule has 0 aliphatic carbocycles. The highest BCUT2D eigenvalue weighted by Crippen LogP contribution is 2.34. The second-order valence-corrected chi connectivity index (χ2v) is 6.18. The summed E-state index contributed by atoms with van der Waals surface area (Å²) in [6.07, 6.45) is -4.04. The summed E-state index contributed by atoms with van der Waals surface area (Å²) in [5, 5.41) is 24.7. The van der Waals surface area contributed by atoms with E-state index in [0.717, 1.165) is 6.20 Å². The van der Waals surface area contributed by atoms with Gasteiger partial charge in [-0.3, -0.25) is 4.79 Å². The van der Waals surface area contributed by atoms with Crippen molar-refractivity contribution in [1.29, 1.82) is 0 Å². The lowest BCUT2D eigenvalue weighted by Crippen LogP contribution is -2.30. The Kier molecular flexibility index (Phi) is 5.46. The third kappa shape index (κ3) is 4.19. The van der Waals surface area contributed by atoms with Gasteiger partial charge in [0.25, 0.3) is 5.91 Å². The zero-order chi connectivity index (χ0) is 20.5. The Balaban J connectivity index is 1.98. The number of hydrogen-bond acceptors (Lipinski definition) is 4. The number of alkyl halides is 3. The molecular weight excluding hydrogens is 397 g/mol. The van der Waals surface area contributed by atoms with Crippen LogP contribution in [-0.2, 0) is 6.18 Å². The van der Waals surface area contributed by atoms with Crippen molar-refractivity contribution < 1.29 is 28.0 Å². The lowest BCUT2D eigenvalue weighted by Gasteiger charge is -2.13. The molecule has 3 N–H and O–H groups in total. The lowest BCUT2D eigenvalue weighted by atomic mass is 9.80. The van der Waals surface area contributed by atoms with Crippen molar-refractivity contribution in [1.82, 2.24) is 9.78 Å². The topological polar surface area (TPSA) is 87.4 Å². The van der Waals surface area contributed by atoms with Gasteiger partial charge < -0.3 is 15.4 Å². The van der Waals surface area contributed by atoms with E-state index < -0.39 is 30.5 Å². The summed E-state index contributed by atoms with van der Waals surface area (Å²) in [6.45, 7) is 0. The number of carbonyl (C=O) groups is 1. The Bertz CT molecular complexity index is 1010. The molecule has 0 aliphatic heterocycles. The summed E-state index contributed by atoms with van der Waals surface area (Å²) >= 11 is 5.76. The second kappa shape index (κ2) is 7.66. The van der Waals surface area contributed by atoms with E-state index in [1.807, 2.05) is 0 Å². The van der Waals surface area contributed by atoms with Crippen LogP contribution in [0.3, 0.4) is 0 Å². The van der Waals surface area contributed by atoms with Gasteiger partial charge in [-0.15, -0.1) is 0 Å². The van der Waals surface area contributed by atoms with Gasteiger partial charge in [-0.1, -0.05) is 23.7 Å². The molecule has 6 nitrogen and oxygen atoms in total. The summed E-state index contributed by atoms with van der Waals surface area (Å²) in [7, 11) is -1.78. The van der Waals surface area contributed by atoms with E-state index in [1.54, 1.807) is 0 Å². The molecule has 0 saturated carbocycles. The van der Waals surface area contributed by atoms with Crippen molar-refractivity contribution in [3.8, 4) is 5.69 Å². The third-order valence-electron chi connectivity index (χ3n) is 3.80. The van der Waals surface area contributed by atoms with Crippen molar-refractivity contribution >= 4 is 35.8 Å². The van der Waals surface area contributed by atoms with Crippen LogP contribution in [0.4, 0.5) is 18.9 Å². The minimum absolute atomic E-state index is 0.0747. The predicted octanol–water partition coefficient (Wildman–Crippen LogP) is 2.48. The fraction of sp³-hybridized carbons (Fsp3) is 0.0588. The van der Waals surface area contributed by atoms with Gasteiger partial charge in [-0.05, 0) is 41.9 Å². The quantitative estimate of drug-likeness (QED) is 0.578. The summed E-state index contributed by atoms with van der Waals surface area (Å²) < 4.78 is 41.5. The van der Waals surface area contributed by atoms with Gasteiger partial charge in [0.15, 0.2) is 5.69 Å². The first kappa shape index (κ1) is 19.9. The van der Waals surface area contributed by atoms with Crippen LogP contribution < -0.4 is 10.8 Å². The molecule has 3 rings (SSSR count). The van der Waals surface area contributed by atoms with Gasteiger partial charge in [-0.2, -0.15) is 18.3 Å². The SMILES string of the molecule is O=C(Nc1cccc(B(O)O)c1)c1cnn(-c2ccc(Cl)cc2)c1C(F)(F)F. The zero-order valence-corrected chi connectivity index (χ0v) is 14.7. The number of aromatic nitrogens is 2. The van der Waals surface area contributed by atoms with Crippen LogP contribution in [0.5, 0.6) is 0 Å². The molecule has 2 aromatic carbocycles. The van der Waals surface area contributed by atoms with E-state index >= 15 is 0 Å². The summed E-state index contributed by atoms with van der Waals surface area (Å²) in [6, 6.07) is 11.0. The molecule has 28 heavy (non-hydrogen) atoms. The predicted molar refractivity (Wildman–Crippen MR) is 97.8 cm³/mol. The van der Waals surface area contributed by atoms with Gasteiger partial charge in [0.1, 0.15) is 0 Å². The largest absolute Gasteiger partial charge is 0.488 e. The maximum Gasteiger partial charge on any atom is 0.488 e. The van der Waals surface area contributed by atoms with E-state index in [0.29, 0.717) is 9.70 Å². The van der Waals surface area contributed by atoms with E-state index in [4.69, 9.17) is 11.6 Å². The van der Waals surface area contributed by atoms with Gasteiger partial charge in [-0.25, -0.2) is 4.68 Å². The van der Waals surface area contributed by atoms with Crippen molar-refractivity contribution in [2.24, 2.45) is 0 Å². The average molecular weight is 410 g/mol. The fourth-order valence-electron chi connectivity index (χ4n) is 2.54. The summed E-state index contributed by atoms with van der Waals surface area (Å²) in [5.74, 6) is -1.04. The molecule has 0 spiro atoms. The minimum atomic E-state index is -4.86. The fourth-order valence-corrected chi connectivity index (χ4v) is 2.67. The normalized spacial score (nSPS) is 11.4. The first-order valence-electron chi connectivity index (χ1n) is 7.85. The van der Waals surface area contributed by atoms with E-state index in [-0.39, 0.29) is 16.8 Å². The molecule has 11 heteroatoms. The molecule has 1 heterocycles. The molecule has 0 aliphatic rings. The Morgan fingerprint density at radius 1 is 1.14 bits per heavy atom. The molecule has 0 bridgehead atoms. The first-order chi connectivity index (χ1) is 13.2. The Morgan fingerprint density at radius 2 is 1.82 bits per heavy atom. The number of halogens is 4. The van der Waals surface area contributed by atoms with Crippen LogP contribution in [0.2, 0.25) is 5.02 Å². The van der Waals surface area contributed by atoms with E-state index in [2.05, 4.69) is 10.4 Å². The van der Waals surface area contributed by atoms with Crippen molar-refractivity contribution in [3.05, 3.63) is 71.0 Å². The molecule has 0 atom stereocenters. The standard InChI is InChI=1S/C17H12BClF3N3O3/c19-11-4-6-13(7-5-11)25-15(17(20,21)22)14(9-23-25)16(26)24-12-3-1-2-10(8-12)18(27)28/h1-9,27-28H,(H,24,26). The molecule has 0 fully saturated rings. The number of amides is 1. The number of anilines is 1. The Morgan fingerprint density at radius 3 is 2.43 bits per heavy atom.